The van der Waals surface area contributed by atoms with Gasteiger partial charge in [0.05, 0.1) is 0 Å². The molecule has 2 aromatic rings. The van der Waals surface area contributed by atoms with Gasteiger partial charge in [-0.3, -0.25) is 5.32 Å². The van der Waals surface area contributed by atoms with Crippen molar-refractivity contribution in [3.63, 3.8) is 0 Å². The van der Waals surface area contributed by atoms with E-state index in [1.807, 2.05) is 0 Å². The fraction of sp³-hybridized carbons (Fsp3) is 0. The molecule has 4 N–H and O–H groups in total. The lowest BCUT2D eigenvalue weighted by Gasteiger charge is -1.90. The largest absolute Gasteiger partial charge is 0.506 e. The summed E-state index contributed by atoms with van der Waals surface area (Å²) in [4.78, 5) is 14.3. The number of amides is 2. The number of anilines is 1. The summed E-state index contributed by atoms with van der Waals surface area (Å²) in [5.41, 5.74) is 5.54. The van der Waals surface area contributed by atoms with Crippen LogP contribution < -0.4 is 11.1 Å². The smallest absolute Gasteiger partial charge is 0.320 e. The third kappa shape index (κ3) is 1.33. The minimum Gasteiger partial charge on any atom is -0.506 e. The van der Waals surface area contributed by atoms with E-state index in [1.54, 1.807) is 12.1 Å². The zero-order valence-electron chi connectivity index (χ0n) is 7.02. The number of aromatic nitrogens is 1. The first kappa shape index (κ1) is 8.36. The van der Waals surface area contributed by atoms with Gasteiger partial charge in [-0.15, -0.1) is 0 Å². The van der Waals surface area contributed by atoms with Crippen molar-refractivity contribution in [1.82, 2.24) is 4.98 Å². The number of carbonyl (C=O) groups is 1. The van der Waals surface area contributed by atoms with E-state index in [9.17, 15) is 9.90 Å². The molecule has 72 valence electrons. The molecule has 14 heavy (non-hydrogen) atoms. The first-order chi connectivity index (χ1) is 6.66. The highest BCUT2D eigenvalue weighted by Gasteiger charge is 2.09. The molecule has 0 aliphatic rings. The number of phenols is 1. The summed E-state index contributed by atoms with van der Waals surface area (Å²) >= 11 is 0. The van der Waals surface area contributed by atoms with Crippen LogP contribution in [0, 0.1) is 0 Å². The summed E-state index contributed by atoms with van der Waals surface area (Å²) in [6, 6.07) is 3.90. The normalized spacial score (nSPS) is 10.3. The predicted octanol–water partition coefficient (Wildman–Crippen LogP) is 1.02. The van der Waals surface area contributed by atoms with Gasteiger partial charge < -0.3 is 15.3 Å². The van der Waals surface area contributed by atoms with Crippen LogP contribution in [0.2, 0.25) is 0 Å². The van der Waals surface area contributed by atoms with Crippen molar-refractivity contribution in [2.45, 2.75) is 0 Å². The van der Waals surface area contributed by atoms with E-state index < -0.39 is 6.03 Å². The van der Waals surface area contributed by atoms with E-state index in [0.29, 0.717) is 5.58 Å². The van der Waals surface area contributed by atoms with E-state index in [2.05, 4.69) is 10.3 Å². The van der Waals surface area contributed by atoms with Gasteiger partial charge in [0.25, 0.3) is 0 Å². The summed E-state index contributed by atoms with van der Waals surface area (Å²) in [5.74, 6) is -0.0104. The summed E-state index contributed by atoms with van der Waals surface area (Å²) in [6.07, 6.45) is 0. The van der Waals surface area contributed by atoms with Gasteiger partial charge in [0, 0.05) is 0 Å². The van der Waals surface area contributed by atoms with Crippen molar-refractivity contribution in [2.24, 2.45) is 5.73 Å². The topological polar surface area (TPSA) is 101 Å². The zero-order valence-corrected chi connectivity index (χ0v) is 7.02. The van der Waals surface area contributed by atoms with E-state index >= 15 is 0 Å². The highest BCUT2D eigenvalue weighted by atomic mass is 16.4. The van der Waals surface area contributed by atoms with Crippen molar-refractivity contribution in [1.29, 1.82) is 0 Å². The van der Waals surface area contributed by atoms with Crippen molar-refractivity contribution in [3.8, 4) is 5.75 Å². The van der Waals surface area contributed by atoms with Crippen molar-refractivity contribution in [3.05, 3.63) is 18.2 Å². The number of benzene rings is 1. The van der Waals surface area contributed by atoms with Crippen LogP contribution in [-0.4, -0.2) is 16.1 Å². The number of fused-ring (bicyclic) bond motifs is 1. The summed E-state index contributed by atoms with van der Waals surface area (Å²) < 4.78 is 5.08. The number of hydrogen-bond acceptors (Lipinski definition) is 4. The first-order valence-electron chi connectivity index (χ1n) is 3.82. The van der Waals surface area contributed by atoms with E-state index in [4.69, 9.17) is 10.2 Å². The second kappa shape index (κ2) is 2.91. The Balaban J connectivity index is 2.51. The number of nitrogens with zero attached hydrogens (tertiary/aromatic N) is 1. The maximum Gasteiger partial charge on any atom is 0.320 e. The van der Waals surface area contributed by atoms with Gasteiger partial charge in [-0.25, -0.2) is 4.79 Å². The van der Waals surface area contributed by atoms with Gasteiger partial charge in [-0.05, 0) is 12.1 Å². The molecule has 6 nitrogen and oxygen atoms in total. The lowest BCUT2D eigenvalue weighted by Crippen LogP contribution is -2.19. The fourth-order valence-electron chi connectivity index (χ4n) is 1.09. The second-order valence-corrected chi connectivity index (χ2v) is 2.63. The van der Waals surface area contributed by atoms with Crippen LogP contribution in [0.1, 0.15) is 0 Å². The lowest BCUT2D eigenvalue weighted by molar-refractivity contribution is 0.259. The fourth-order valence-corrected chi connectivity index (χ4v) is 1.09. The Hall–Kier alpha value is -2.24. The first-order valence-corrected chi connectivity index (χ1v) is 3.82. The van der Waals surface area contributed by atoms with E-state index in [0.717, 1.165) is 0 Å². The van der Waals surface area contributed by atoms with Gasteiger partial charge in [0.2, 0.25) is 0 Å². The third-order valence-corrected chi connectivity index (χ3v) is 1.63. The van der Waals surface area contributed by atoms with Gasteiger partial charge in [-0.2, -0.15) is 4.98 Å². The summed E-state index contributed by atoms with van der Waals surface area (Å²) in [7, 11) is 0. The third-order valence-electron chi connectivity index (χ3n) is 1.63. The zero-order chi connectivity index (χ0) is 10.1. The van der Waals surface area contributed by atoms with Crippen molar-refractivity contribution < 1.29 is 14.3 Å². The number of phenolic OH excluding ortho intramolecular Hbond substituents is 1. The molecule has 0 spiro atoms. The Kier molecular flexibility index (Phi) is 1.74. The molecule has 0 aliphatic heterocycles. The Bertz CT molecular complexity index is 492. The summed E-state index contributed by atoms with van der Waals surface area (Å²) in [6.45, 7) is 0. The lowest BCUT2D eigenvalue weighted by atomic mass is 10.3. The molecule has 0 aliphatic carbocycles. The molecule has 0 unspecified atom stereocenters. The van der Waals surface area contributed by atoms with Crippen LogP contribution in [0.25, 0.3) is 11.1 Å². The molecule has 0 bridgehead atoms. The van der Waals surface area contributed by atoms with Crippen molar-refractivity contribution in [2.75, 3.05) is 5.32 Å². The number of carbonyl (C=O) groups excluding carboxylic acids is 1. The molecule has 0 atom stereocenters. The van der Waals surface area contributed by atoms with Crippen LogP contribution in [0.5, 0.6) is 5.75 Å². The second-order valence-electron chi connectivity index (χ2n) is 2.63. The Morgan fingerprint density at radius 3 is 3.00 bits per heavy atom. The minimum absolute atomic E-state index is 0.0104. The maximum absolute atomic E-state index is 10.5. The number of rotatable bonds is 1. The molecule has 0 fully saturated rings. The monoisotopic (exact) mass is 193 g/mol. The number of nitrogens with two attached hydrogens (primary N) is 1. The van der Waals surface area contributed by atoms with Gasteiger partial charge in [-0.1, -0.05) is 6.07 Å². The molecule has 1 aromatic carbocycles. The molecular formula is C8H7N3O3. The molecule has 0 saturated carbocycles. The number of primary amides is 1. The molecular weight excluding hydrogens is 186 g/mol. The minimum atomic E-state index is -0.768. The number of nitrogens with one attached hydrogen (secondary N) is 1. The highest BCUT2D eigenvalue weighted by molar-refractivity contribution is 5.88. The number of para-hydroxylation sites is 1. The van der Waals surface area contributed by atoms with E-state index in [1.165, 1.54) is 6.07 Å². The maximum atomic E-state index is 10.5. The average molecular weight is 193 g/mol. The standard InChI is InChI=1S/C8H7N3O3/c9-7(13)11-8-10-6-4(12)2-1-3-5(6)14-8/h1-3,12H,(H3,9,10,11,13). The quantitative estimate of drug-likeness (QED) is 0.629. The van der Waals surface area contributed by atoms with Crippen LogP contribution in [-0.2, 0) is 0 Å². The predicted molar refractivity (Wildman–Crippen MR) is 48.9 cm³/mol. The molecule has 0 radical (unpaired) electrons. The van der Waals surface area contributed by atoms with Gasteiger partial charge in [0.15, 0.2) is 11.1 Å². The molecule has 1 aromatic heterocycles. The van der Waals surface area contributed by atoms with Crippen LogP contribution >= 0.6 is 0 Å². The number of aromatic hydroxyl groups is 1. The Labute approximate surface area is 78.3 Å². The number of hydrogen-bond donors (Lipinski definition) is 3. The number of urea groups is 1. The molecule has 6 heteroatoms. The van der Waals surface area contributed by atoms with Gasteiger partial charge >= 0.3 is 12.0 Å². The SMILES string of the molecule is NC(=O)Nc1nc2c(O)cccc2o1. The Morgan fingerprint density at radius 2 is 2.36 bits per heavy atom. The van der Waals surface area contributed by atoms with Gasteiger partial charge in [0.1, 0.15) is 5.75 Å². The van der Waals surface area contributed by atoms with Crippen LogP contribution in [0.15, 0.2) is 22.6 Å². The van der Waals surface area contributed by atoms with Crippen LogP contribution in [0.3, 0.4) is 0 Å². The number of oxazole rings is 1. The molecule has 2 rings (SSSR count). The Morgan fingerprint density at radius 1 is 1.57 bits per heavy atom. The van der Waals surface area contributed by atoms with E-state index in [-0.39, 0.29) is 17.3 Å². The molecule has 2 amide bonds. The summed E-state index contributed by atoms with van der Waals surface area (Å²) in [5, 5.41) is 11.5. The van der Waals surface area contributed by atoms with Crippen molar-refractivity contribution >= 4 is 23.1 Å². The molecule has 1 heterocycles. The average Bonchev–Trinajstić information content (AvgIpc) is 2.47. The van der Waals surface area contributed by atoms with Crippen LogP contribution in [0.4, 0.5) is 10.8 Å². The highest BCUT2D eigenvalue weighted by Crippen LogP contribution is 2.25. The molecule has 0 saturated heterocycles.